The van der Waals surface area contributed by atoms with Crippen LogP contribution in [0.2, 0.25) is 0 Å². The molecule has 1 atom stereocenters. The molecule has 2 aliphatic rings. The van der Waals surface area contributed by atoms with E-state index < -0.39 is 34.9 Å². The molecule has 2 heterocycles. The summed E-state index contributed by atoms with van der Waals surface area (Å²) in [7, 11) is 0. The molecule has 0 radical (unpaired) electrons. The van der Waals surface area contributed by atoms with Gasteiger partial charge in [-0.3, -0.25) is 24.6 Å². The van der Waals surface area contributed by atoms with Crippen molar-refractivity contribution in [1.82, 2.24) is 10.2 Å². The van der Waals surface area contributed by atoms with E-state index in [1.807, 2.05) is 12.1 Å². The van der Waals surface area contributed by atoms with Crippen molar-refractivity contribution < 1.29 is 19.3 Å². The normalized spacial score (nSPS) is 20.6. The Morgan fingerprint density at radius 2 is 1.76 bits per heavy atom. The number of hydrogen-bond acceptors (Lipinski definition) is 6. The summed E-state index contributed by atoms with van der Waals surface area (Å²) < 4.78 is 0. The third-order valence-electron chi connectivity index (χ3n) is 6.33. The molecule has 2 aromatic rings. The van der Waals surface area contributed by atoms with Crippen molar-refractivity contribution in [2.75, 3.05) is 29.9 Å². The molecular formula is C24H27N5O5. The Kier molecular flexibility index (Phi) is 6.49. The predicted octanol–water partition coefficient (Wildman–Crippen LogP) is 3.38. The van der Waals surface area contributed by atoms with Crippen molar-refractivity contribution in [3.05, 3.63) is 64.2 Å². The number of non-ortho nitro benzene ring substituents is 1. The van der Waals surface area contributed by atoms with Crippen molar-refractivity contribution in [2.45, 2.75) is 38.1 Å². The number of carbonyl (C=O) groups is 3. The van der Waals surface area contributed by atoms with E-state index >= 15 is 0 Å². The summed E-state index contributed by atoms with van der Waals surface area (Å²) in [6.07, 6.45) is 4.82. The Hall–Kier alpha value is -3.95. The zero-order valence-corrected chi connectivity index (χ0v) is 19.0. The van der Waals surface area contributed by atoms with Crippen LogP contribution in [-0.2, 0) is 15.1 Å². The lowest BCUT2D eigenvalue weighted by Crippen LogP contribution is -2.42. The van der Waals surface area contributed by atoms with Crippen LogP contribution in [0.15, 0.2) is 48.5 Å². The lowest BCUT2D eigenvalue weighted by molar-refractivity contribution is -0.385. The van der Waals surface area contributed by atoms with Crippen molar-refractivity contribution in [3.8, 4) is 0 Å². The molecule has 0 bridgehead atoms. The van der Waals surface area contributed by atoms with Crippen LogP contribution in [0.3, 0.4) is 0 Å². The second-order valence-electron chi connectivity index (χ2n) is 8.75. The van der Waals surface area contributed by atoms with E-state index in [-0.39, 0.29) is 11.3 Å². The summed E-state index contributed by atoms with van der Waals surface area (Å²) >= 11 is 0. The number of nitro benzene ring substituents is 1. The second-order valence-corrected chi connectivity index (χ2v) is 8.75. The predicted molar refractivity (Wildman–Crippen MR) is 126 cm³/mol. The van der Waals surface area contributed by atoms with Crippen LogP contribution in [0.4, 0.5) is 21.9 Å². The molecule has 10 heteroatoms. The number of nitro groups is 1. The zero-order valence-electron chi connectivity index (χ0n) is 19.0. The van der Waals surface area contributed by atoms with E-state index in [4.69, 9.17) is 0 Å². The molecular weight excluding hydrogens is 438 g/mol. The minimum atomic E-state index is -1.50. The van der Waals surface area contributed by atoms with Gasteiger partial charge in [-0.15, -0.1) is 0 Å². The minimum absolute atomic E-state index is 0.194. The number of imide groups is 1. The summed E-state index contributed by atoms with van der Waals surface area (Å²) in [5.74, 6) is -1.17. The van der Waals surface area contributed by atoms with Crippen LogP contribution in [0.1, 0.15) is 38.2 Å². The molecule has 0 saturated carbocycles. The van der Waals surface area contributed by atoms with Gasteiger partial charge in [0, 0.05) is 36.6 Å². The molecule has 10 nitrogen and oxygen atoms in total. The monoisotopic (exact) mass is 465 g/mol. The largest absolute Gasteiger partial charge is 0.372 e. The summed E-state index contributed by atoms with van der Waals surface area (Å²) in [6.45, 7) is 3.03. The van der Waals surface area contributed by atoms with Crippen LogP contribution in [0.25, 0.3) is 0 Å². The molecule has 4 amide bonds. The van der Waals surface area contributed by atoms with Crippen LogP contribution >= 0.6 is 0 Å². The molecule has 2 aromatic carbocycles. The molecule has 0 spiro atoms. The fourth-order valence-electron chi connectivity index (χ4n) is 4.40. The smallest absolute Gasteiger partial charge is 0.325 e. The zero-order chi connectivity index (χ0) is 24.3. The van der Waals surface area contributed by atoms with Gasteiger partial charge in [0.05, 0.1) is 4.92 Å². The van der Waals surface area contributed by atoms with Crippen molar-refractivity contribution in [3.63, 3.8) is 0 Å². The fraction of sp³-hybridized carbons (Fsp3) is 0.375. The van der Waals surface area contributed by atoms with Gasteiger partial charge in [-0.1, -0.05) is 25.0 Å². The highest BCUT2D eigenvalue weighted by Gasteiger charge is 2.49. The topological polar surface area (TPSA) is 125 Å². The van der Waals surface area contributed by atoms with Crippen LogP contribution in [-0.4, -0.2) is 47.3 Å². The number of benzene rings is 2. The minimum Gasteiger partial charge on any atom is -0.372 e. The molecule has 0 aliphatic carbocycles. The summed E-state index contributed by atoms with van der Waals surface area (Å²) in [4.78, 5) is 51.8. The van der Waals surface area contributed by atoms with Gasteiger partial charge in [0.2, 0.25) is 5.91 Å². The maximum absolute atomic E-state index is 13.0. The average Bonchev–Trinajstić information content (AvgIpc) is 3.02. The summed E-state index contributed by atoms with van der Waals surface area (Å²) in [5, 5.41) is 16.4. The van der Waals surface area contributed by atoms with E-state index in [1.165, 1.54) is 56.9 Å². The Bertz CT molecular complexity index is 1110. The molecule has 2 aliphatic heterocycles. The van der Waals surface area contributed by atoms with Gasteiger partial charge in [0.15, 0.2) is 0 Å². The molecule has 0 aromatic heterocycles. The molecule has 1 unspecified atom stereocenters. The first-order valence-electron chi connectivity index (χ1n) is 11.3. The lowest BCUT2D eigenvalue weighted by Gasteiger charge is -2.23. The van der Waals surface area contributed by atoms with Crippen molar-refractivity contribution in [2.24, 2.45) is 0 Å². The van der Waals surface area contributed by atoms with Gasteiger partial charge in [-0.05, 0) is 49.6 Å². The molecule has 178 valence electrons. The number of anilines is 2. The van der Waals surface area contributed by atoms with E-state index in [2.05, 4.69) is 15.5 Å². The third kappa shape index (κ3) is 4.70. The Balaban J connectivity index is 1.41. The molecule has 4 rings (SSSR count). The number of rotatable bonds is 6. The van der Waals surface area contributed by atoms with E-state index in [9.17, 15) is 24.5 Å². The van der Waals surface area contributed by atoms with Gasteiger partial charge in [0.1, 0.15) is 12.1 Å². The Labute approximate surface area is 197 Å². The standard InChI is InChI=1S/C24H27N5O5/c1-24(17-7-6-8-20(15-17)29(33)34)22(31)28(23(32)26-24)16-21(30)25-18-9-11-19(12-10-18)27-13-4-2-3-5-14-27/h6-12,15H,2-5,13-14,16H2,1H3,(H,25,30)(H,26,32). The molecule has 2 N–H and O–H groups in total. The third-order valence-corrected chi connectivity index (χ3v) is 6.33. The maximum atomic E-state index is 13.0. The van der Waals surface area contributed by atoms with E-state index in [1.54, 1.807) is 12.1 Å². The molecule has 2 saturated heterocycles. The average molecular weight is 466 g/mol. The van der Waals surface area contributed by atoms with Gasteiger partial charge in [-0.2, -0.15) is 0 Å². The number of nitrogens with zero attached hydrogens (tertiary/aromatic N) is 3. The number of hydrogen-bond donors (Lipinski definition) is 2. The van der Waals surface area contributed by atoms with Crippen LogP contribution < -0.4 is 15.5 Å². The first-order valence-corrected chi connectivity index (χ1v) is 11.3. The van der Waals surface area contributed by atoms with Crippen molar-refractivity contribution in [1.29, 1.82) is 0 Å². The maximum Gasteiger partial charge on any atom is 0.325 e. The first-order chi connectivity index (χ1) is 16.3. The Morgan fingerprint density at radius 1 is 1.09 bits per heavy atom. The number of nitrogens with one attached hydrogen (secondary N) is 2. The fourth-order valence-corrected chi connectivity index (χ4v) is 4.40. The van der Waals surface area contributed by atoms with E-state index in [0.717, 1.165) is 23.7 Å². The van der Waals surface area contributed by atoms with E-state index in [0.29, 0.717) is 5.69 Å². The van der Waals surface area contributed by atoms with Gasteiger partial charge in [0.25, 0.3) is 11.6 Å². The van der Waals surface area contributed by atoms with Gasteiger partial charge >= 0.3 is 6.03 Å². The second kappa shape index (κ2) is 9.50. The quantitative estimate of drug-likeness (QED) is 0.383. The Morgan fingerprint density at radius 3 is 2.41 bits per heavy atom. The van der Waals surface area contributed by atoms with Crippen molar-refractivity contribution >= 4 is 34.9 Å². The molecule has 34 heavy (non-hydrogen) atoms. The lowest BCUT2D eigenvalue weighted by atomic mass is 9.91. The van der Waals surface area contributed by atoms with Gasteiger partial charge in [-0.25, -0.2) is 4.79 Å². The number of amides is 4. The van der Waals surface area contributed by atoms with Gasteiger partial charge < -0.3 is 15.5 Å². The summed E-state index contributed by atoms with van der Waals surface area (Å²) in [5.41, 5.74) is 0.240. The first kappa shape index (κ1) is 23.2. The highest BCUT2D eigenvalue weighted by molar-refractivity contribution is 6.10. The highest BCUT2D eigenvalue weighted by atomic mass is 16.6. The SMILES string of the molecule is CC1(c2cccc([N+](=O)[O-])c2)NC(=O)N(CC(=O)Nc2ccc(N3CCCCCC3)cc2)C1=O. The highest BCUT2D eigenvalue weighted by Crippen LogP contribution is 2.31. The van der Waals surface area contributed by atoms with Crippen LogP contribution in [0, 0.1) is 10.1 Å². The number of carbonyl (C=O) groups excluding carboxylic acids is 3. The number of urea groups is 1. The van der Waals surface area contributed by atoms with Crippen LogP contribution in [0.5, 0.6) is 0 Å². The summed E-state index contributed by atoms with van der Waals surface area (Å²) in [6, 6.07) is 12.3. The molecule has 2 fully saturated rings.